The minimum atomic E-state index is -0.275. The quantitative estimate of drug-likeness (QED) is 0.727. The van der Waals surface area contributed by atoms with E-state index in [1.54, 1.807) is 4.90 Å². The zero-order valence-corrected chi connectivity index (χ0v) is 9.20. The number of hydrogen-bond donors (Lipinski definition) is 1. The molecule has 1 atom stereocenters. The summed E-state index contributed by atoms with van der Waals surface area (Å²) in [6.45, 7) is 5.29. The van der Waals surface area contributed by atoms with Gasteiger partial charge in [0.1, 0.15) is 0 Å². The number of hydrogen-bond acceptors (Lipinski definition) is 2. The van der Waals surface area contributed by atoms with Crippen LogP contribution in [0.2, 0.25) is 0 Å². The Morgan fingerprint density at radius 2 is 2.14 bits per heavy atom. The molecule has 0 radical (unpaired) electrons. The summed E-state index contributed by atoms with van der Waals surface area (Å²) in [5.74, 6) is 0.425. The molecular weight excluding hydrogens is 178 g/mol. The van der Waals surface area contributed by atoms with E-state index in [0.717, 1.165) is 25.7 Å². The highest BCUT2D eigenvalue weighted by atomic mass is 16.3. The number of carbonyl (C=O) groups excluding carboxylic acids is 1. The Morgan fingerprint density at radius 1 is 1.50 bits per heavy atom. The molecule has 1 fully saturated rings. The highest BCUT2D eigenvalue weighted by molar-refractivity contribution is 5.79. The summed E-state index contributed by atoms with van der Waals surface area (Å²) in [6.07, 6.45) is 3.92. The van der Waals surface area contributed by atoms with Crippen molar-refractivity contribution in [3.8, 4) is 0 Å². The summed E-state index contributed by atoms with van der Waals surface area (Å²) >= 11 is 0. The molecule has 0 bridgehead atoms. The standard InChI is InChI=1S/C11H21NO2/c1-3-5-6-9(4-2)11(14)12-7-10(13)8-12/h9-10,13H,3-8H2,1-2H3. The summed E-state index contributed by atoms with van der Waals surface area (Å²) in [6, 6.07) is 0. The molecule has 82 valence electrons. The zero-order chi connectivity index (χ0) is 10.6. The van der Waals surface area contributed by atoms with Gasteiger partial charge in [-0.25, -0.2) is 0 Å². The molecule has 1 rings (SSSR count). The van der Waals surface area contributed by atoms with Crippen molar-refractivity contribution >= 4 is 5.91 Å². The minimum Gasteiger partial charge on any atom is -0.389 e. The molecule has 0 aromatic rings. The van der Waals surface area contributed by atoms with Crippen molar-refractivity contribution < 1.29 is 9.90 Å². The topological polar surface area (TPSA) is 40.5 Å². The van der Waals surface area contributed by atoms with E-state index in [-0.39, 0.29) is 17.9 Å². The predicted molar refractivity (Wildman–Crippen MR) is 55.9 cm³/mol. The molecule has 1 aliphatic rings. The van der Waals surface area contributed by atoms with Crippen LogP contribution >= 0.6 is 0 Å². The van der Waals surface area contributed by atoms with Gasteiger partial charge in [-0.15, -0.1) is 0 Å². The van der Waals surface area contributed by atoms with Gasteiger partial charge in [0.2, 0.25) is 5.91 Å². The van der Waals surface area contributed by atoms with Gasteiger partial charge in [-0.2, -0.15) is 0 Å². The molecule has 0 aliphatic carbocycles. The lowest BCUT2D eigenvalue weighted by Crippen LogP contribution is -2.55. The first-order valence-corrected chi connectivity index (χ1v) is 5.65. The van der Waals surface area contributed by atoms with E-state index in [2.05, 4.69) is 13.8 Å². The van der Waals surface area contributed by atoms with E-state index in [1.165, 1.54) is 0 Å². The average molecular weight is 199 g/mol. The fourth-order valence-corrected chi connectivity index (χ4v) is 1.85. The van der Waals surface area contributed by atoms with E-state index < -0.39 is 0 Å². The average Bonchev–Trinajstić information content (AvgIpc) is 2.14. The molecule has 3 nitrogen and oxygen atoms in total. The molecule has 1 N–H and O–H groups in total. The van der Waals surface area contributed by atoms with Crippen molar-refractivity contribution in [2.45, 2.75) is 45.6 Å². The molecule has 1 saturated heterocycles. The largest absolute Gasteiger partial charge is 0.389 e. The van der Waals surface area contributed by atoms with Gasteiger partial charge in [0.25, 0.3) is 0 Å². The second kappa shape index (κ2) is 5.35. The number of unbranched alkanes of at least 4 members (excludes halogenated alkanes) is 1. The zero-order valence-electron chi connectivity index (χ0n) is 9.20. The third-order valence-corrected chi connectivity index (χ3v) is 2.92. The van der Waals surface area contributed by atoms with Gasteiger partial charge >= 0.3 is 0 Å². The summed E-state index contributed by atoms with van der Waals surface area (Å²) in [4.78, 5) is 13.6. The molecular formula is C11H21NO2. The monoisotopic (exact) mass is 199 g/mol. The number of rotatable bonds is 5. The van der Waals surface area contributed by atoms with Gasteiger partial charge in [-0.3, -0.25) is 4.79 Å². The maximum Gasteiger partial charge on any atom is 0.225 e. The van der Waals surface area contributed by atoms with Gasteiger partial charge in [0, 0.05) is 19.0 Å². The SMILES string of the molecule is CCCCC(CC)C(=O)N1CC(O)C1. The lowest BCUT2D eigenvalue weighted by atomic mass is 9.96. The Balaban J connectivity index is 2.32. The Hall–Kier alpha value is -0.570. The van der Waals surface area contributed by atoms with Crippen LogP contribution in [0.3, 0.4) is 0 Å². The molecule has 14 heavy (non-hydrogen) atoms. The predicted octanol–water partition coefficient (Wildman–Crippen LogP) is 1.41. The highest BCUT2D eigenvalue weighted by Crippen LogP contribution is 2.19. The number of carbonyl (C=O) groups is 1. The van der Waals surface area contributed by atoms with E-state index >= 15 is 0 Å². The summed E-state index contributed by atoms with van der Waals surface area (Å²) in [5.41, 5.74) is 0. The van der Waals surface area contributed by atoms with Crippen LogP contribution in [0.15, 0.2) is 0 Å². The minimum absolute atomic E-state index is 0.183. The maximum atomic E-state index is 11.8. The molecule has 1 amide bonds. The van der Waals surface area contributed by atoms with E-state index in [0.29, 0.717) is 13.1 Å². The molecule has 1 unspecified atom stereocenters. The number of β-amino-alcohol motifs (C(OH)–C–C–N with tert-alkyl or cyclic N) is 1. The van der Waals surface area contributed by atoms with Gasteiger partial charge < -0.3 is 10.0 Å². The highest BCUT2D eigenvalue weighted by Gasteiger charge is 2.31. The van der Waals surface area contributed by atoms with Crippen LogP contribution in [0.5, 0.6) is 0 Å². The summed E-state index contributed by atoms with van der Waals surface area (Å²) in [7, 11) is 0. The van der Waals surface area contributed by atoms with Crippen LogP contribution < -0.4 is 0 Å². The molecule has 0 saturated carbocycles. The van der Waals surface area contributed by atoms with E-state index in [4.69, 9.17) is 5.11 Å². The number of aliphatic hydroxyl groups is 1. The molecule has 3 heteroatoms. The normalized spacial score (nSPS) is 19.2. The third kappa shape index (κ3) is 2.71. The summed E-state index contributed by atoms with van der Waals surface area (Å²) < 4.78 is 0. The number of nitrogens with zero attached hydrogens (tertiary/aromatic N) is 1. The number of amides is 1. The second-order valence-electron chi connectivity index (χ2n) is 4.14. The van der Waals surface area contributed by atoms with Crippen LogP contribution in [-0.4, -0.2) is 35.1 Å². The summed E-state index contributed by atoms with van der Waals surface area (Å²) in [5, 5.41) is 9.10. The maximum absolute atomic E-state index is 11.8. The fraction of sp³-hybridized carbons (Fsp3) is 0.909. The van der Waals surface area contributed by atoms with Crippen molar-refractivity contribution in [2.75, 3.05) is 13.1 Å². The number of aliphatic hydroxyl groups excluding tert-OH is 1. The van der Waals surface area contributed by atoms with Crippen molar-refractivity contribution in [1.82, 2.24) is 4.90 Å². The molecule has 0 spiro atoms. The van der Waals surface area contributed by atoms with Crippen LogP contribution in [0.4, 0.5) is 0 Å². The first-order valence-electron chi connectivity index (χ1n) is 5.65. The van der Waals surface area contributed by atoms with Crippen molar-refractivity contribution in [3.05, 3.63) is 0 Å². The first-order chi connectivity index (χ1) is 6.69. The Labute approximate surface area is 86.1 Å². The first kappa shape index (κ1) is 11.5. The second-order valence-corrected chi connectivity index (χ2v) is 4.14. The van der Waals surface area contributed by atoms with E-state index in [1.807, 2.05) is 0 Å². The fourth-order valence-electron chi connectivity index (χ4n) is 1.85. The number of likely N-dealkylation sites (tertiary alicyclic amines) is 1. The Bertz CT molecular complexity index is 188. The van der Waals surface area contributed by atoms with E-state index in [9.17, 15) is 4.79 Å². The van der Waals surface area contributed by atoms with Crippen LogP contribution in [-0.2, 0) is 4.79 Å². The molecule has 1 aliphatic heterocycles. The Morgan fingerprint density at radius 3 is 2.57 bits per heavy atom. The van der Waals surface area contributed by atoms with Gasteiger partial charge in [0.05, 0.1) is 6.10 Å². The van der Waals surface area contributed by atoms with Crippen LogP contribution in [0.1, 0.15) is 39.5 Å². The van der Waals surface area contributed by atoms with Gasteiger partial charge in [-0.05, 0) is 12.8 Å². The van der Waals surface area contributed by atoms with Crippen molar-refractivity contribution in [3.63, 3.8) is 0 Å². The van der Waals surface area contributed by atoms with Crippen LogP contribution in [0, 0.1) is 5.92 Å². The smallest absolute Gasteiger partial charge is 0.225 e. The Kier molecular flexibility index (Phi) is 4.39. The van der Waals surface area contributed by atoms with Crippen LogP contribution in [0.25, 0.3) is 0 Å². The van der Waals surface area contributed by atoms with Gasteiger partial charge in [0.15, 0.2) is 0 Å². The lowest BCUT2D eigenvalue weighted by Gasteiger charge is -2.38. The van der Waals surface area contributed by atoms with Gasteiger partial charge in [-0.1, -0.05) is 26.7 Å². The molecule has 1 heterocycles. The molecule has 0 aromatic carbocycles. The van der Waals surface area contributed by atoms with Crippen molar-refractivity contribution in [1.29, 1.82) is 0 Å². The van der Waals surface area contributed by atoms with Crippen molar-refractivity contribution in [2.24, 2.45) is 5.92 Å². The third-order valence-electron chi connectivity index (χ3n) is 2.92. The lowest BCUT2D eigenvalue weighted by molar-refractivity contribution is -0.146. The molecule has 0 aromatic heterocycles.